The number of ketones is 1. The number of aromatic nitrogens is 2. The van der Waals surface area contributed by atoms with Gasteiger partial charge in [0.1, 0.15) is 5.69 Å². The predicted molar refractivity (Wildman–Crippen MR) is 139 cm³/mol. The summed E-state index contributed by atoms with van der Waals surface area (Å²) < 4.78 is 16.5. The molecule has 2 heterocycles. The molecule has 3 rings (SSSR count). The van der Waals surface area contributed by atoms with E-state index in [1.807, 2.05) is 44.2 Å². The molecule has 1 amide bonds. The first-order valence-corrected chi connectivity index (χ1v) is 12.8. The highest BCUT2D eigenvalue weighted by Crippen LogP contribution is 2.31. The number of hydrogen-bond acceptors (Lipinski definition) is 9. The third-order valence-corrected chi connectivity index (χ3v) is 5.91. The smallest absolute Gasteiger partial charge is 0.509 e. The number of rotatable bonds is 12. The lowest BCUT2D eigenvalue weighted by molar-refractivity contribution is -0.165. The SMILES string of the molecule is CC(C)C[C@H](CC(=O)[C@H](Cc1ccccc1)NC(=O)c1cnccn1)B1OC(=O)C[C@@H](C(=O)OC(C)C)O1. The molecule has 10 nitrogen and oxygen atoms in total. The number of nitrogens with one attached hydrogen (secondary N) is 1. The van der Waals surface area contributed by atoms with Gasteiger partial charge in [-0.3, -0.25) is 19.4 Å². The molecule has 2 aromatic rings. The minimum absolute atomic E-state index is 0.0413. The minimum Gasteiger partial charge on any atom is -0.509 e. The molecule has 1 aromatic carbocycles. The van der Waals surface area contributed by atoms with Gasteiger partial charge in [0, 0.05) is 24.6 Å². The molecule has 0 aliphatic carbocycles. The molecule has 1 aliphatic rings. The fourth-order valence-electron chi connectivity index (χ4n) is 4.26. The van der Waals surface area contributed by atoms with Crippen molar-refractivity contribution in [3.05, 3.63) is 60.2 Å². The van der Waals surface area contributed by atoms with E-state index in [1.165, 1.54) is 18.6 Å². The molecule has 0 unspecified atom stereocenters. The second-order valence-electron chi connectivity index (χ2n) is 10.0. The lowest BCUT2D eigenvalue weighted by atomic mass is 9.64. The van der Waals surface area contributed by atoms with Crippen molar-refractivity contribution in [2.45, 2.75) is 77.4 Å². The van der Waals surface area contributed by atoms with Gasteiger partial charge < -0.3 is 19.4 Å². The number of benzene rings is 1. The topological polar surface area (TPSA) is 134 Å². The van der Waals surface area contributed by atoms with Crippen LogP contribution in [0.25, 0.3) is 0 Å². The van der Waals surface area contributed by atoms with Crippen LogP contribution in [0.5, 0.6) is 0 Å². The van der Waals surface area contributed by atoms with Crippen LogP contribution >= 0.6 is 0 Å². The average molecular weight is 523 g/mol. The Hall–Kier alpha value is -3.60. The molecule has 202 valence electrons. The molecule has 1 aromatic heterocycles. The molecule has 38 heavy (non-hydrogen) atoms. The number of ether oxygens (including phenoxy) is 1. The Morgan fingerprint density at radius 2 is 1.87 bits per heavy atom. The number of carbonyl (C=O) groups is 4. The number of nitrogens with zero attached hydrogens (tertiary/aromatic N) is 2. The predicted octanol–water partition coefficient (Wildman–Crippen LogP) is 2.97. The maximum atomic E-state index is 13.7. The molecule has 0 spiro atoms. The first kappa shape index (κ1) is 29.0. The summed E-state index contributed by atoms with van der Waals surface area (Å²) in [5.74, 6) is -2.42. The molecule has 1 fully saturated rings. The van der Waals surface area contributed by atoms with Crippen LogP contribution in [0.2, 0.25) is 5.82 Å². The van der Waals surface area contributed by atoms with Gasteiger partial charge >= 0.3 is 13.1 Å². The summed E-state index contributed by atoms with van der Waals surface area (Å²) in [7, 11) is -1.10. The lowest BCUT2D eigenvalue weighted by Crippen LogP contribution is -2.48. The highest BCUT2D eigenvalue weighted by molar-refractivity contribution is 6.50. The van der Waals surface area contributed by atoms with Crippen LogP contribution < -0.4 is 5.32 Å². The summed E-state index contributed by atoms with van der Waals surface area (Å²) in [6.45, 7) is 7.37. The van der Waals surface area contributed by atoms with Gasteiger partial charge in [-0.25, -0.2) is 9.78 Å². The molecule has 1 saturated heterocycles. The van der Waals surface area contributed by atoms with Crippen molar-refractivity contribution in [1.82, 2.24) is 15.3 Å². The minimum atomic E-state index is -1.11. The maximum absolute atomic E-state index is 13.7. The summed E-state index contributed by atoms with van der Waals surface area (Å²) >= 11 is 0. The summed E-state index contributed by atoms with van der Waals surface area (Å²) in [6, 6.07) is 8.45. The Morgan fingerprint density at radius 3 is 2.50 bits per heavy atom. The third kappa shape index (κ3) is 8.76. The van der Waals surface area contributed by atoms with E-state index < -0.39 is 42.9 Å². The maximum Gasteiger partial charge on any atom is 0.531 e. The van der Waals surface area contributed by atoms with E-state index in [1.54, 1.807) is 13.8 Å². The zero-order chi connectivity index (χ0) is 27.7. The highest BCUT2D eigenvalue weighted by atomic mass is 16.7. The third-order valence-electron chi connectivity index (χ3n) is 5.91. The van der Waals surface area contributed by atoms with Gasteiger partial charge in [-0.05, 0) is 38.2 Å². The number of hydrogen-bond donors (Lipinski definition) is 1. The fourth-order valence-corrected chi connectivity index (χ4v) is 4.26. The highest BCUT2D eigenvalue weighted by Gasteiger charge is 2.45. The van der Waals surface area contributed by atoms with Crippen LogP contribution in [0.3, 0.4) is 0 Å². The van der Waals surface area contributed by atoms with Gasteiger partial charge in [-0.1, -0.05) is 44.2 Å². The molecule has 0 saturated carbocycles. The zero-order valence-electron chi connectivity index (χ0n) is 22.2. The first-order valence-electron chi connectivity index (χ1n) is 12.8. The fraction of sp³-hybridized carbons (Fsp3) is 0.481. The van der Waals surface area contributed by atoms with Crippen molar-refractivity contribution in [2.75, 3.05) is 0 Å². The average Bonchev–Trinajstić information content (AvgIpc) is 2.88. The molecule has 3 atom stereocenters. The monoisotopic (exact) mass is 523 g/mol. The molecular formula is C27H34BN3O7. The van der Waals surface area contributed by atoms with Crippen LogP contribution in [0, 0.1) is 5.92 Å². The summed E-state index contributed by atoms with van der Waals surface area (Å²) in [6.07, 6.45) is 3.16. The first-order chi connectivity index (χ1) is 18.1. The molecule has 11 heteroatoms. The van der Waals surface area contributed by atoms with Gasteiger partial charge in [0.05, 0.1) is 24.8 Å². The van der Waals surface area contributed by atoms with Gasteiger partial charge in [-0.2, -0.15) is 0 Å². The van der Waals surface area contributed by atoms with Crippen molar-refractivity contribution in [3.8, 4) is 0 Å². The van der Waals surface area contributed by atoms with Crippen LogP contribution in [0.1, 0.15) is 63.0 Å². The summed E-state index contributed by atoms with van der Waals surface area (Å²) in [4.78, 5) is 59.3. The molecule has 1 aliphatic heterocycles. The Kier molecular flexibility index (Phi) is 10.5. The van der Waals surface area contributed by atoms with Gasteiger partial charge in [0.15, 0.2) is 11.9 Å². The number of amides is 1. The molecule has 0 radical (unpaired) electrons. The van der Waals surface area contributed by atoms with Crippen LogP contribution in [0.15, 0.2) is 48.9 Å². The van der Waals surface area contributed by atoms with Crippen molar-refractivity contribution < 1.29 is 33.2 Å². The second-order valence-corrected chi connectivity index (χ2v) is 10.0. The largest absolute Gasteiger partial charge is 0.531 e. The molecular weight excluding hydrogens is 489 g/mol. The standard InChI is InChI=1S/C27H34BN3O7/c1-17(2)12-20(28-37-24(15-25(33)38-28)27(35)36-18(3)4)14-23(32)21(13-19-8-6-5-7-9-19)31-26(34)22-16-29-10-11-30-22/h5-11,16-18,20-21,24H,12-15H2,1-4H3,(H,31,34)/t20-,21+,24+/m1/s1. The van der Waals surface area contributed by atoms with Crippen molar-refractivity contribution in [2.24, 2.45) is 5.92 Å². The van der Waals surface area contributed by atoms with Crippen molar-refractivity contribution in [1.29, 1.82) is 0 Å². The number of Topliss-reactive ketones (excluding diaryl/α,β-unsaturated/α-hetero) is 1. The Balaban J connectivity index is 1.80. The van der Waals surface area contributed by atoms with E-state index in [-0.39, 0.29) is 42.8 Å². The van der Waals surface area contributed by atoms with E-state index in [9.17, 15) is 19.2 Å². The van der Waals surface area contributed by atoms with Crippen LogP contribution in [-0.4, -0.2) is 59.0 Å². The Bertz CT molecular complexity index is 1100. The molecule has 1 N–H and O–H groups in total. The number of esters is 1. The van der Waals surface area contributed by atoms with Crippen molar-refractivity contribution in [3.63, 3.8) is 0 Å². The summed E-state index contributed by atoms with van der Waals surface area (Å²) in [5.41, 5.74) is 0.954. The normalized spacial score (nSPS) is 17.1. The van der Waals surface area contributed by atoms with E-state index in [2.05, 4.69) is 15.3 Å². The quantitative estimate of drug-likeness (QED) is 0.329. The van der Waals surface area contributed by atoms with Gasteiger partial charge in [0.2, 0.25) is 0 Å². The lowest BCUT2D eigenvalue weighted by Gasteiger charge is -2.32. The van der Waals surface area contributed by atoms with Gasteiger partial charge in [0.25, 0.3) is 11.9 Å². The van der Waals surface area contributed by atoms with Gasteiger partial charge in [-0.15, -0.1) is 0 Å². The Labute approximate surface area is 223 Å². The second kappa shape index (κ2) is 13.8. The Morgan fingerprint density at radius 1 is 1.13 bits per heavy atom. The van der Waals surface area contributed by atoms with Crippen LogP contribution in [-0.2, 0) is 34.9 Å². The van der Waals surface area contributed by atoms with Crippen LogP contribution in [0.4, 0.5) is 0 Å². The van der Waals surface area contributed by atoms with E-state index >= 15 is 0 Å². The molecule has 0 bridgehead atoms. The summed E-state index contributed by atoms with van der Waals surface area (Å²) in [5, 5.41) is 2.79. The van der Waals surface area contributed by atoms with E-state index in [0.717, 1.165) is 5.56 Å². The van der Waals surface area contributed by atoms with Crippen molar-refractivity contribution >= 4 is 30.7 Å². The number of carbonyl (C=O) groups excluding carboxylic acids is 4. The van der Waals surface area contributed by atoms with E-state index in [0.29, 0.717) is 6.42 Å². The van der Waals surface area contributed by atoms with E-state index in [4.69, 9.17) is 14.0 Å². The zero-order valence-corrected chi connectivity index (χ0v) is 22.2.